The van der Waals surface area contributed by atoms with E-state index in [4.69, 9.17) is 19.7 Å². The lowest BCUT2D eigenvalue weighted by molar-refractivity contribution is -0.0901. The highest BCUT2D eigenvalue weighted by Gasteiger charge is 2.57. The van der Waals surface area contributed by atoms with E-state index in [1.807, 2.05) is 6.92 Å². The highest BCUT2D eigenvalue weighted by atomic mass is 31.1. The molecule has 12 heteroatoms. The Morgan fingerprint density at radius 1 is 1.50 bits per heavy atom. The van der Waals surface area contributed by atoms with E-state index in [1.54, 1.807) is 6.92 Å². The molecule has 1 unspecified atom stereocenters. The minimum Gasteiger partial charge on any atom is -0.476 e. The summed E-state index contributed by atoms with van der Waals surface area (Å²) < 4.78 is 34.4. The summed E-state index contributed by atoms with van der Waals surface area (Å²) >= 11 is 0. The van der Waals surface area contributed by atoms with Crippen LogP contribution in [0.25, 0.3) is 11.2 Å². The summed E-state index contributed by atoms with van der Waals surface area (Å²) in [4.78, 5) is 12.5. The summed E-state index contributed by atoms with van der Waals surface area (Å²) in [6, 6.07) is 0. The van der Waals surface area contributed by atoms with Crippen LogP contribution in [0.2, 0.25) is 0 Å². The molecule has 0 saturated carbocycles. The van der Waals surface area contributed by atoms with E-state index >= 15 is 0 Å². The van der Waals surface area contributed by atoms with Crippen LogP contribution >= 0.6 is 8.25 Å². The first-order valence-corrected chi connectivity index (χ1v) is 9.07. The zero-order valence-corrected chi connectivity index (χ0v) is 15.7. The van der Waals surface area contributed by atoms with E-state index in [-0.39, 0.29) is 11.8 Å². The summed E-state index contributed by atoms with van der Waals surface area (Å²) in [6.07, 6.45) is -0.908. The van der Waals surface area contributed by atoms with E-state index < -0.39 is 32.3 Å². The second kappa shape index (κ2) is 7.01. The molecule has 3 heterocycles. The topological polar surface area (TPSA) is 144 Å². The standard InChI is InChI=1S/C14H21N5O6P/c1-5-23-11-8-10(17-13(15)18-11)19(6-16-8)12-14(3,20)9(7(2)24-12)25-26(21)22-4/h6-7,9,12,20H,5H2,1-4H3,(H2,15,17,18)/q+1/t7-,9-,12-,14-/m1/s1. The smallest absolute Gasteiger partial charge is 0.476 e. The van der Waals surface area contributed by atoms with Crippen LogP contribution < -0.4 is 10.5 Å². The molecule has 3 rings (SSSR count). The SMILES string of the molecule is CCOc1nc(N)nc2c1ncn2[C@@H]1O[C@H](C)[C@@H](O[P+](=O)OC)[C@@]1(C)O. The zero-order chi connectivity index (χ0) is 19.1. The van der Waals surface area contributed by atoms with Gasteiger partial charge in [-0.2, -0.15) is 9.97 Å². The Hall–Kier alpha value is -1.91. The van der Waals surface area contributed by atoms with Gasteiger partial charge in [0, 0.05) is 4.57 Å². The van der Waals surface area contributed by atoms with Gasteiger partial charge in [-0.3, -0.25) is 4.57 Å². The molecule has 1 saturated heterocycles. The first-order valence-electron chi connectivity index (χ1n) is 7.98. The van der Waals surface area contributed by atoms with E-state index in [1.165, 1.54) is 24.9 Å². The van der Waals surface area contributed by atoms with Gasteiger partial charge < -0.3 is 20.3 Å². The quantitative estimate of drug-likeness (QED) is 0.694. The Morgan fingerprint density at radius 3 is 2.88 bits per heavy atom. The van der Waals surface area contributed by atoms with Crippen molar-refractivity contribution in [3.05, 3.63) is 6.33 Å². The largest absolute Gasteiger partial charge is 0.697 e. The van der Waals surface area contributed by atoms with Gasteiger partial charge in [0.15, 0.2) is 23.5 Å². The predicted octanol–water partition coefficient (Wildman–Crippen LogP) is 1.16. The number of aromatic nitrogens is 4. The maximum Gasteiger partial charge on any atom is 0.697 e. The van der Waals surface area contributed by atoms with E-state index in [2.05, 4.69) is 19.5 Å². The third-order valence-electron chi connectivity index (χ3n) is 4.14. The van der Waals surface area contributed by atoms with Crippen molar-refractivity contribution in [1.82, 2.24) is 19.5 Å². The fourth-order valence-corrected chi connectivity index (χ4v) is 3.68. The summed E-state index contributed by atoms with van der Waals surface area (Å²) in [5.74, 6) is 0.248. The fraction of sp³-hybridized carbons (Fsp3) is 0.643. The Kier molecular flexibility index (Phi) is 5.09. The maximum absolute atomic E-state index is 11.6. The van der Waals surface area contributed by atoms with Crippen LogP contribution in [-0.4, -0.2) is 56.2 Å². The first kappa shape index (κ1) is 18.9. The van der Waals surface area contributed by atoms with Crippen LogP contribution in [0.4, 0.5) is 5.95 Å². The lowest BCUT2D eigenvalue weighted by Gasteiger charge is -2.27. The van der Waals surface area contributed by atoms with Crippen LogP contribution in [0, 0.1) is 0 Å². The van der Waals surface area contributed by atoms with Gasteiger partial charge in [0.1, 0.15) is 5.60 Å². The molecule has 1 fully saturated rings. The Morgan fingerprint density at radius 2 is 2.23 bits per heavy atom. The zero-order valence-electron chi connectivity index (χ0n) is 14.8. The van der Waals surface area contributed by atoms with Gasteiger partial charge in [-0.25, -0.2) is 4.98 Å². The fourth-order valence-electron chi connectivity index (χ4n) is 3.02. The molecule has 0 aliphatic carbocycles. The normalized spacial score (nSPS) is 29.3. The summed E-state index contributed by atoms with van der Waals surface area (Å²) in [5.41, 5.74) is 4.95. The molecular formula is C14H21N5O6P+. The minimum absolute atomic E-state index is 0.00338. The molecule has 11 nitrogen and oxygen atoms in total. The molecule has 142 valence electrons. The summed E-state index contributed by atoms with van der Waals surface area (Å²) in [6.45, 7) is 5.41. The predicted molar refractivity (Wildman–Crippen MR) is 90.6 cm³/mol. The molecule has 2 aromatic rings. The van der Waals surface area contributed by atoms with Crippen molar-refractivity contribution >= 4 is 25.4 Å². The number of anilines is 1. The van der Waals surface area contributed by atoms with Crippen molar-refractivity contribution < 1.29 is 28.2 Å². The molecule has 3 N–H and O–H groups in total. The lowest BCUT2D eigenvalue weighted by Crippen LogP contribution is -2.43. The van der Waals surface area contributed by atoms with E-state index in [0.717, 1.165) is 0 Å². The van der Waals surface area contributed by atoms with Crippen molar-refractivity contribution in [2.45, 2.75) is 44.8 Å². The molecular weight excluding hydrogens is 365 g/mol. The van der Waals surface area contributed by atoms with Gasteiger partial charge in [0.05, 0.1) is 26.1 Å². The molecule has 5 atom stereocenters. The highest BCUT2D eigenvalue weighted by Crippen LogP contribution is 2.44. The minimum atomic E-state index is -2.38. The summed E-state index contributed by atoms with van der Waals surface area (Å²) in [7, 11) is -1.13. The van der Waals surface area contributed by atoms with Crippen LogP contribution in [0.3, 0.4) is 0 Å². The molecule has 2 aromatic heterocycles. The first-order chi connectivity index (χ1) is 12.3. The van der Waals surface area contributed by atoms with Gasteiger partial charge in [-0.05, 0) is 20.8 Å². The third-order valence-corrected chi connectivity index (χ3v) is 4.83. The molecule has 0 amide bonds. The molecule has 0 bridgehead atoms. The van der Waals surface area contributed by atoms with Gasteiger partial charge in [0.2, 0.25) is 11.8 Å². The second-order valence-corrected chi connectivity index (χ2v) is 7.02. The molecule has 1 aliphatic heterocycles. The van der Waals surface area contributed by atoms with Crippen LogP contribution in [0.1, 0.15) is 27.0 Å². The Labute approximate surface area is 150 Å². The highest BCUT2D eigenvalue weighted by molar-refractivity contribution is 7.33. The average Bonchev–Trinajstić information content (AvgIpc) is 3.08. The monoisotopic (exact) mass is 386 g/mol. The van der Waals surface area contributed by atoms with Gasteiger partial charge in [-0.1, -0.05) is 0 Å². The number of rotatable bonds is 6. The molecule has 0 radical (unpaired) electrons. The van der Waals surface area contributed by atoms with Crippen molar-refractivity contribution in [3.63, 3.8) is 0 Å². The van der Waals surface area contributed by atoms with Gasteiger partial charge in [-0.15, -0.1) is 9.05 Å². The summed E-state index contributed by atoms with van der Waals surface area (Å²) in [5, 5.41) is 11.0. The van der Waals surface area contributed by atoms with Gasteiger partial charge >= 0.3 is 8.25 Å². The third kappa shape index (κ3) is 3.12. The molecule has 26 heavy (non-hydrogen) atoms. The van der Waals surface area contributed by atoms with Crippen LogP contribution in [0.15, 0.2) is 6.33 Å². The number of aliphatic hydroxyl groups is 1. The average molecular weight is 386 g/mol. The number of fused-ring (bicyclic) bond motifs is 1. The molecule has 0 aromatic carbocycles. The second-order valence-electron chi connectivity index (χ2n) is 6.00. The van der Waals surface area contributed by atoms with Crippen molar-refractivity contribution in [2.75, 3.05) is 19.5 Å². The lowest BCUT2D eigenvalue weighted by atomic mass is 9.97. The Balaban J connectivity index is 2.02. The van der Waals surface area contributed by atoms with Crippen molar-refractivity contribution in [2.24, 2.45) is 0 Å². The van der Waals surface area contributed by atoms with Crippen molar-refractivity contribution in [3.8, 4) is 5.88 Å². The number of nitrogens with zero attached hydrogens (tertiary/aromatic N) is 4. The van der Waals surface area contributed by atoms with E-state index in [9.17, 15) is 9.67 Å². The van der Waals surface area contributed by atoms with Gasteiger partial charge in [0.25, 0.3) is 0 Å². The number of hydrogen-bond donors (Lipinski definition) is 2. The molecule has 1 aliphatic rings. The number of imidazole rings is 1. The Bertz CT molecular complexity index is 828. The number of hydrogen-bond acceptors (Lipinski definition) is 10. The molecule has 0 spiro atoms. The van der Waals surface area contributed by atoms with Crippen LogP contribution in [-0.2, 0) is 18.3 Å². The number of nitrogens with two attached hydrogens (primary N) is 1. The van der Waals surface area contributed by atoms with E-state index in [0.29, 0.717) is 17.8 Å². The number of ether oxygens (including phenoxy) is 2. The number of nitrogen functional groups attached to an aromatic ring is 1. The maximum atomic E-state index is 11.6. The van der Waals surface area contributed by atoms with Crippen LogP contribution in [0.5, 0.6) is 5.88 Å². The van der Waals surface area contributed by atoms with Crippen molar-refractivity contribution in [1.29, 1.82) is 0 Å².